The monoisotopic (exact) mass is 432 g/mol. The maximum Gasteiger partial charge on any atom is 0.293 e. The molecule has 1 saturated heterocycles. The summed E-state index contributed by atoms with van der Waals surface area (Å²) in [4.78, 5) is 29.5. The van der Waals surface area contributed by atoms with Gasteiger partial charge in [-0.25, -0.2) is 13.6 Å². The van der Waals surface area contributed by atoms with Gasteiger partial charge in [-0.2, -0.15) is 10.2 Å². The molecule has 4 aromatic rings. The molecule has 0 saturated carbocycles. The summed E-state index contributed by atoms with van der Waals surface area (Å²) in [6, 6.07) is 17.6. The summed E-state index contributed by atoms with van der Waals surface area (Å²) in [6.07, 6.45) is 1.45. The van der Waals surface area contributed by atoms with E-state index in [1.807, 2.05) is 30.3 Å². The highest BCUT2D eigenvalue weighted by molar-refractivity contribution is 5.76. The minimum Gasteiger partial charge on any atom is -0.368 e. The van der Waals surface area contributed by atoms with Crippen LogP contribution in [0.5, 0.6) is 0 Å². The van der Waals surface area contributed by atoms with Gasteiger partial charge in [-0.3, -0.25) is 9.59 Å². The van der Waals surface area contributed by atoms with Crippen LogP contribution < -0.4 is 10.5 Å². The van der Waals surface area contributed by atoms with E-state index in [2.05, 4.69) is 15.1 Å². The number of aromatic nitrogens is 4. The van der Waals surface area contributed by atoms with Gasteiger partial charge in [-0.15, -0.1) is 0 Å². The first-order valence-electron chi connectivity index (χ1n) is 10.4. The van der Waals surface area contributed by atoms with Gasteiger partial charge in [0, 0.05) is 37.4 Å². The van der Waals surface area contributed by atoms with Gasteiger partial charge in [-0.1, -0.05) is 30.3 Å². The molecule has 0 radical (unpaired) electrons. The molecule has 0 N–H and O–H groups in total. The van der Waals surface area contributed by atoms with Crippen LogP contribution in [0, 0.1) is 5.82 Å². The molecule has 0 unspecified atom stereocenters. The Kier molecular flexibility index (Phi) is 5.14. The van der Waals surface area contributed by atoms with E-state index in [1.165, 1.54) is 27.7 Å². The molecule has 32 heavy (non-hydrogen) atoms. The number of fused-ring (bicyclic) bond motifs is 1. The van der Waals surface area contributed by atoms with Crippen molar-refractivity contribution in [2.45, 2.75) is 6.54 Å². The number of rotatable bonds is 4. The third-order valence-electron chi connectivity index (χ3n) is 5.67. The first-order chi connectivity index (χ1) is 15.6. The Hall–Kier alpha value is -4.01. The Bertz CT molecular complexity index is 1310. The Morgan fingerprint density at radius 3 is 2.41 bits per heavy atom. The van der Waals surface area contributed by atoms with Crippen LogP contribution >= 0.6 is 0 Å². The largest absolute Gasteiger partial charge is 0.368 e. The van der Waals surface area contributed by atoms with Gasteiger partial charge in [0.2, 0.25) is 5.91 Å². The van der Waals surface area contributed by atoms with E-state index in [9.17, 15) is 14.0 Å². The first-order valence-corrected chi connectivity index (χ1v) is 10.4. The van der Waals surface area contributed by atoms with E-state index < -0.39 is 0 Å². The summed E-state index contributed by atoms with van der Waals surface area (Å²) in [5, 5.41) is 8.54. The topological polar surface area (TPSA) is 75.7 Å². The average molecular weight is 432 g/mol. The number of hydrogen-bond acceptors (Lipinski definition) is 5. The van der Waals surface area contributed by atoms with Gasteiger partial charge in [0.25, 0.3) is 5.56 Å². The molecule has 9 heteroatoms. The van der Waals surface area contributed by atoms with Gasteiger partial charge in [0.05, 0.1) is 5.69 Å². The molecule has 162 valence electrons. The molecule has 2 aromatic heterocycles. The summed E-state index contributed by atoms with van der Waals surface area (Å²) in [7, 11) is 0. The number of carbonyl (C=O) groups excluding carboxylic acids is 1. The molecule has 3 heterocycles. The standard InChI is InChI=1S/C23H21FN6O2/c24-18-6-8-19(9-7-18)27-10-12-28(13-11-27)22(31)15-29-23(32)21-14-20(26-30(21)16-25-29)17-4-2-1-3-5-17/h1-9,14,16H,10-13,15H2. The number of amides is 1. The fraction of sp³-hybridized carbons (Fsp3) is 0.217. The van der Waals surface area contributed by atoms with Crippen LogP contribution in [0.2, 0.25) is 0 Å². The molecule has 0 bridgehead atoms. The van der Waals surface area contributed by atoms with Crippen molar-refractivity contribution in [2.75, 3.05) is 31.1 Å². The molecule has 2 aromatic carbocycles. The number of halogens is 1. The predicted molar refractivity (Wildman–Crippen MR) is 118 cm³/mol. The minimum absolute atomic E-state index is 0.127. The number of anilines is 1. The Balaban J connectivity index is 1.28. The molecular formula is C23H21FN6O2. The lowest BCUT2D eigenvalue weighted by Crippen LogP contribution is -2.50. The van der Waals surface area contributed by atoms with Crippen LogP contribution in [-0.4, -0.2) is 56.4 Å². The molecule has 1 amide bonds. The zero-order valence-corrected chi connectivity index (χ0v) is 17.3. The van der Waals surface area contributed by atoms with Crippen molar-refractivity contribution in [3.05, 3.63) is 83.2 Å². The van der Waals surface area contributed by atoms with Crippen molar-refractivity contribution < 1.29 is 9.18 Å². The van der Waals surface area contributed by atoms with E-state index in [4.69, 9.17) is 0 Å². The molecule has 1 aliphatic heterocycles. The molecule has 5 rings (SSSR count). The Morgan fingerprint density at radius 2 is 1.69 bits per heavy atom. The van der Waals surface area contributed by atoms with Gasteiger partial charge in [0.15, 0.2) is 0 Å². The lowest BCUT2D eigenvalue weighted by atomic mass is 10.1. The molecule has 1 fully saturated rings. The minimum atomic E-state index is -0.361. The van der Waals surface area contributed by atoms with Crippen LogP contribution in [0.15, 0.2) is 71.8 Å². The molecule has 0 atom stereocenters. The lowest BCUT2D eigenvalue weighted by molar-refractivity contribution is -0.132. The lowest BCUT2D eigenvalue weighted by Gasteiger charge is -2.36. The quantitative estimate of drug-likeness (QED) is 0.493. The SMILES string of the molecule is O=C(Cn1ncn2nc(-c3ccccc3)cc2c1=O)N1CCN(c2ccc(F)cc2)CC1. The number of carbonyl (C=O) groups is 1. The number of benzene rings is 2. The second kappa shape index (κ2) is 8.26. The van der Waals surface area contributed by atoms with Crippen LogP contribution in [0.3, 0.4) is 0 Å². The smallest absolute Gasteiger partial charge is 0.293 e. The fourth-order valence-electron chi connectivity index (χ4n) is 3.89. The molecule has 8 nitrogen and oxygen atoms in total. The van der Waals surface area contributed by atoms with Gasteiger partial charge >= 0.3 is 0 Å². The summed E-state index contributed by atoms with van der Waals surface area (Å²) in [6.45, 7) is 2.21. The van der Waals surface area contributed by atoms with Crippen LogP contribution in [0.1, 0.15) is 0 Å². The summed E-state index contributed by atoms with van der Waals surface area (Å²) >= 11 is 0. The van der Waals surface area contributed by atoms with E-state index in [0.29, 0.717) is 37.4 Å². The highest BCUT2D eigenvalue weighted by Crippen LogP contribution is 2.18. The molecular weight excluding hydrogens is 411 g/mol. The number of piperazine rings is 1. The third-order valence-corrected chi connectivity index (χ3v) is 5.67. The van der Waals surface area contributed by atoms with E-state index in [1.54, 1.807) is 23.1 Å². The van der Waals surface area contributed by atoms with Crippen LogP contribution in [0.25, 0.3) is 16.8 Å². The second-order valence-electron chi connectivity index (χ2n) is 7.66. The van der Waals surface area contributed by atoms with Crippen molar-refractivity contribution in [2.24, 2.45) is 0 Å². The van der Waals surface area contributed by atoms with E-state index >= 15 is 0 Å². The molecule has 0 aliphatic carbocycles. The van der Waals surface area contributed by atoms with Crippen LogP contribution in [-0.2, 0) is 11.3 Å². The average Bonchev–Trinajstić information content (AvgIpc) is 3.27. The predicted octanol–water partition coefficient (Wildman–Crippen LogP) is 2.05. The van der Waals surface area contributed by atoms with Crippen molar-refractivity contribution in [1.82, 2.24) is 24.3 Å². The first kappa shape index (κ1) is 19.9. The zero-order valence-electron chi connectivity index (χ0n) is 17.3. The summed E-state index contributed by atoms with van der Waals surface area (Å²) in [5.74, 6) is -0.433. The maximum atomic E-state index is 13.1. The zero-order chi connectivity index (χ0) is 22.1. The highest BCUT2D eigenvalue weighted by Gasteiger charge is 2.22. The Labute approximate surface area is 183 Å². The normalized spacial score (nSPS) is 14.2. The van der Waals surface area contributed by atoms with E-state index in [0.717, 1.165) is 11.3 Å². The number of nitrogens with zero attached hydrogens (tertiary/aromatic N) is 6. The summed E-state index contributed by atoms with van der Waals surface area (Å²) in [5.41, 5.74) is 2.51. The van der Waals surface area contributed by atoms with Crippen molar-refractivity contribution >= 4 is 17.1 Å². The van der Waals surface area contributed by atoms with E-state index in [-0.39, 0.29) is 23.8 Å². The van der Waals surface area contributed by atoms with Crippen molar-refractivity contribution in [1.29, 1.82) is 0 Å². The highest BCUT2D eigenvalue weighted by atomic mass is 19.1. The molecule has 1 aliphatic rings. The van der Waals surface area contributed by atoms with Crippen LogP contribution in [0.4, 0.5) is 10.1 Å². The van der Waals surface area contributed by atoms with Crippen molar-refractivity contribution in [3.8, 4) is 11.3 Å². The Morgan fingerprint density at radius 1 is 0.969 bits per heavy atom. The van der Waals surface area contributed by atoms with Gasteiger partial charge in [-0.05, 0) is 30.3 Å². The summed E-state index contributed by atoms with van der Waals surface area (Å²) < 4.78 is 15.8. The fourth-order valence-corrected chi connectivity index (χ4v) is 3.89. The third kappa shape index (κ3) is 3.84. The van der Waals surface area contributed by atoms with Gasteiger partial charge < -0.3 is 9.80 Å². The van der Waals surface area contributed by atoms with Crippen molar-refractivity contribution in [3.63, 3.8) is 0 Å². The number of hydrogen-bond donors (Lipinski definition) is 0. The molecule has 0 spiro atoms. The maximum absolute atomic E-state index is 13.1. The van der Waals surface area contributed by atoms with Gasteiger partial charge in [0.1, 0.15) is 24.2 Å². The second-order valence-corrected chi connectivity index (χ2v) is 7.66.